The summed E-state index contributed by atoms with van der Waals surface area (Å²) in [4.78, 5) is 0. The van der Waals surface area contributed by atoms with Crippen molar-refractivity contribution in [2.24, 2.45) is 23.7 Å². The largest absolute Gasteiger partial charge is 0.429 e. The van der Waals surface area contributed by atoms with Gasteiger partial charge in [0.25, 0.3) is 0 Å². The van der Waals surface area contributed by atoms with Gasteiger partial charge in [-0.1, -0.05) is 57.6 Å². The van der Waals surface area contributed by atoms with Crippen LogP contribution in [0.4, 0.5) is 30.7 Å². The second kappa shape index (κ2) is 12.5. The highest BCUT2D eigenvalue weighted by Gasteiger charge is 2.42. The molecule has 2 fully saturated rings. The minimum Gasteiger partial charge on any atom is -0.429 e. The predicted molar refractivity (Wildman–Crippen MR) is 136 cm³/mol. The van der Waals surface area contributed by atoms with Gasteiger partial charge in [-0.25, -0.2) is 8.78 Å². The van der Waals surface area contributed by atoms with Gasteiger partial charge >= 0.3 is 12.3 Å². The number of ether oxygens (including phenoxy) is 1. The Morgan fingerprint density at radius 1 is 0.718 bits per heavy atom. The molecule has 1 nitrogen and oxygen atoms in total. The van der Waals surface area contributed by atoms with Gasteiger partial charge in [0.1, 0.15) is 22.9 Å². The lowest BCUT2D eigenvalue weighted by Gasteiger charge is -2.38. The summed E-state index contributed by atoms with van der Waals surface area (Å²) >= 11 is 0. The van der Waals surface area contributed by atoms with Crippen LogP contribution in [0.1, 0.15) is 94.2 Å². The Labute approximate surface area is 226 Å². The SMILES string of the molecule is CCCC1CCC(C2CCC(CCc3ccc(OC(F)(F)c4cc(F)c(C(F)(F)F)c(F)c4)cc3)CC2)CC1. The molecule has 0 saturated heterocycles. The van der Waals surface area contributed by atoms with Gasteiger partial charge in [0.2, 0.25) is 0 Å². The Morgan fingerprint density at radius 3 is 1.67 bits per heavy atom. The van der Waals surface area contributed by atoms with E-state index in [-0.39, 0.29) is 17.9 Å². The summed E-state index contributed by atoms with van der Waals surface area (Å²) in [5, 5.41) is 0. The predicted octanol–water partition coefficient (Wildman–Crippen LogP) is 10.5. The van der Waals surface area contributed by atoms with Gasteiger partial charge in [0.05, 0.1) is 5.56 Å². The van der Waals surface area contributed by atoms with Crippen LogP contribution in [0, 0.1) is 35.3 Å². The first-order chi connectivity index (χ1) is 18.5. The van der Waals surface area contributed by atoms with E-state index in [1.807, 2.05) is 0 Å². The van der Waals surface area contributed by atoms with Gasteiger partial charge < -0.3 is 4.74 Å². The third-order valence-electron chi connectivity index (χ3n) is 8.82. The summed E-state index contributed by atoms with van der Waals surface area (Å²) in [5.41, 5.74) is -2.58. The minimum absolute atomic E-state index is 0.0492. The number of alkyl halides is 5. The normalized spacial score (nSPS) is 24.5. The maximum Gasteiger partial charge on any atom is 0.426 e. The molecule has 4 rings (SSSR count). The minimum atomic E-state index is -5.34. The van der Waals surface area contributed by atoms with Crippen LogP contribution in [-0.4, -0.2) is 0 Å². The molecule has 2 saturated carbocycles. The van der Waals surface area contributed by atoms with E-state index in [0.29, 0.717) is 5.92 Å². The Balaban J connectivity index is 1.25. The summed E-state index contributed by atoms with van der Waals surface area (Å²) in [5.74, 6) is -1.16. The van der Waals surface area contributed by atoms with Gasteiger partial charge in [-0.3, -0.25) is 0 Å². The van der Waals surface area contributed by atoms with Crippen LogP contribution in [0.15, 0.2) is 36.4 Å². The molecule has 0 aliphatic heterocycles. The fourth-order valence-corrected chi connectivity index (χ4v) is 6.62. The molecule has 0 unspecified atom stereocenters. The van der Waals surface area contributed by atoms with Crippen molar-refractivity contribution in [3.63, 3.8) is 0 Å². The average molecular weight is 559 g/mol. The smallest absolute Gasteiger partial charge is 0.426 e. The average Bonchev–Trinajstić information content (AvgIpc) is 2.88. The van der Waals surface area contributed by atoms with E-state index in [1.54, 1.807) is 12.1 Å². The molecule has 0 bridgehead atoms. The van der Waals surface area contributed by atoms with Crippen molar-refractivity contribution >= 4 is 0 Å². The van der Waals surface area contributed by atoms with Crippen LogP contribution >= 0.6 is 0 Å². The van der Waals surface area contributed by atoms with Crippen molar-refractivity contribution in [1.82, 2.24) is 0 Å². The number of halogens is 7. The lowest BCUT2D eigenvalue weighted by molar-refractivity contribution is -0.186. The Kier molecular flexibility index (Phi) is 9.53. The van der Waals surface area contributed by atoms with E-state index in [9.17, 15) is 30.7 Å². The summed E-state index contributed by atoms with van der Waals surface area (Å²) in [6.07, 6.45) is 5.52. The molecule has 0 heterocycles. The molecule has 216 valence electrons. The van der Waals surface area contributed by atoms with Crippen molar-refractivity contribution in [2.45, 2.75) is 96.3 Å². The zero-order chi connectivity index (χ0) is 28.2. The molecule has 0 aromatic heterocycles. The first-order valence-electron chi connectivity index (χ1n) is 14.2. The summed E-state index contributed by atoms with van der Waals surface area (Å²) in [6, 6.07) is 5.91. The van der Waals surface area contributed by atoms with E-state index in [1.165, 1.54) is 76.3 Å². The molecule has 0 amide bonds. The van der Waals surface area contributed by atoms with Crippen LogP contribution < -0.4 is 4.74 Å². The highest BCUT2D eigenvalue weighted by molar-refractivity contribution is 5.32. The highest BCUT2D eigenvalue weighted by atomic mass is 19.4. The first-order valence-corrected chi connectivity index (χ1v) is 14.2. The van der Waals surface area contributed by atoms with Crippen LogP contribution in [0.5, 0.6) is 5.75 Å². The maximum atomic E-state index is 14.5. The Bertz CT molecular complexity index is 1040. The number of benzene rings is 2. The third-order valence-corrected chi connectivity index (χ3v) is 8.82. The number of hydrogen-bond acceptors (Lipinski definition) is 1. The van der Waals surface area contributed by atoms with Crippen molar-refractivity contribution in [3.8, 4) is 5.75 Å². The van der Waals surface area contributed by atoms with E-state index in [4.69, 9.17) is 0 Å². The fourth-order valence-electron chi connectivity index (χ4n) is 6.62. The van der Waals surface area contributed by atoms with Crippen LogP contribution in [0.3, 0.4) is 0 Å². The molecule has 0 radical (unpaired) electrons. The molecule has 2 aromatic carbocycles. The summed E-state index contributed by atoms with van der Waals surface area (Å²) in [6.45, 7) is 2.27. The number of aryl methyl sites for hydroxylation is 1. The van der Waals surface area contributed by atoms with E-state index in [2.05, 4.69) is 11.7 Å². The van der Waals surface area contributed by atoms with Crippen molar-refractivity contribution in [3.05, 3.63) is 64.7 Å². The Hall–Kier alpha value is -2.25. The van der Waals surface area contributed by atoms with Gasteiger partial charge in [0, 0.05) is 0 Å². The molecular weight excluding hydrogens is 521 g/mol. The highest BCUT2D eigenvalue weighted by Crippen LogP contribution is 2.43. The van der Waals surface area contributed by atoms with Crippen LogP contribution in [-0.2, 0) is 18.7 Å². The zero-order valence-corrected chi connectivity index (χ0v) is 22.3. The third kappa shape index (κ3) is 7.69. The number of rotatable bonds is 9. The van der Waals surface area contributed by atoms with Crippen LogP contribution in [0.25, 0.3) is 0 Å². The molecule has 0 spiro atoms. The lowest BCUT2D eigenvalue weighted by atomic mass is 9.68. The second-order valence-electron chi connectivity index (χ2n) is 11.5. The van der Waals surface area contributed by atoms with E-state index in [0.717, 1.165) is 36.2 Å². The van der Waals surface area contributed by atoms with E-state index >= 15 is 0 Å². The van der Waals surface area contributed by atoms with Crippen LogP contribution in [0.2, 0.25) is 0 Å². The summed E-state index contributed by atoms with van der Waals surface area (Å²) < 4.78 is 99.4. The molecule has 8 heteroatoms. The molecule has 2 aromatic rings. The lowest BCUT2D eigenvalue weighted by Crippen LogP contribution is -2.26. The Morgan fingerprint density at radius 2 is 1.21 bits per heavy atom. The standard InChI is InChI=1S/C31H37F7O/c1-2-3-20-6-12-23(13-7-20)24-14-8-21(9-15-24)4-5-22-10-16-26(17-11-22)39-31(37,38)25-18-27(32)29(28(33)19-25)30(34,35)36/h10-11,16-21,23-24H,2-9,12-15H2,1H3. The van der Waals surface area contributed by atoms with Gasteiger partial charge in [-0.05, 0) is 92.0 Å². The molecule has 2 aliphatic rings. The topological polar surface area (TPSA) is 9.23 Å². The van der Waals surface area contributed by atoms with E-state index < -0.39 is 35.0 Å². The number of hydrogen-bond donors (Lipinski definition) is 0. The monoisotopic (exact) mass is 558 g/mol. The van der Waals surface area contributed by atoms with Gasteiger partial charge in [0.15, 0.2) is 0 Å². The molecule has 0 N–H and O–H groups in total. The van der Waals surface area contributed by atoms with Gasteiger partial charge in [-0.15, -0.1) is 0 Å². The first kappa shape index (κ1) is 29.7. The maximum absolute atomic E-state index is 14.5. The summed E-state index contributed by atoms with van der Waals surface area (Å²) in [7, 11) is 0. The molecule has 0 atom stereocenters. The molecular formula is C31H37F7O. The quantitative estimate of drug-likeness (QED) is 0.278. The molecule has 39 heavy (non-hydrogen) atoms. The van der Waals surface area contributed by atoms with Gasteiger partial charge in [-0.2, -0.15) is 22.0 Å². The zero-order valence-electron chi connectivity index (χ0n) is 22.3. The van der Waals surface area contributed by atoms with Crippen molar-refractivity contribution in [1.29, 1.82) is 0 Å². The second-order valence-corrected chi connectivity index (χ2v) is 11.5. The fraction of sp³-hybridized carbons (Fsp3) is 0.613. The van der Waals surface area contributed by atoms with Crippen molar-refractivity contribution < 1.29 is 35.5 Å². The molecule has 2 aliphatic carbocycles. The van der Waals surface area contributed by atoms with Crippen molar-refractivity contribution in [2.75, 3.05) is 0 Å².